The molecule has 0 aliphatic rings. The van der Waals surface area contributed by atoms with Crippen LogP contribution in [0, 0.1) is 0 Å². The molecule has 106 valence electrons. The van der Waals surface area contributed by atoms with Crippen LogP contribution >= 0.6 is 23.2 Å². The maximum Gasteiger partial charge on any atom is 0.138 e. The topological polar surface area (TPSA) is 21.3 Å². The standard InChI is InChI=1S/C16H17Cl2NO/c1-2-9-20-16-8-7-13(10-15(16)18)19-11-12-5-3-4-6-14(12)17/h3-8,10,19H,2,9,11H2,1H3. The van der Waals surface area contributed by atoms with Crippen LogP contribution in [-0.2, 0) is 6.54 Å². The number of nitrogens with one attached hydrogen (secondary N) is 1. The lowest BCUT2D eigenvalue weighted by Gasteiger charge is -2.11. The SMILES string of the molecule is CCCOc1ccc(NCc2ccccc2Cl)cc1Cl. The second kappa shape index (κ2) is 7.41. The van der Waals surface area contributed by atoms with Gasteiger partial charge in [0.25, 0.3) is 0 Å². The van der Waals surface area contributed by atoms with E-state index in [1.54, 1.807) is 0 Å². The molecule has 0 bridgehead atoms. The van der Waals surface area contributed by atoms with E-state index in [1.165, 1.54) is 0 Å². The van der Waals surface area contributed by atoms with Crippen molar-refractivity contribution < 1.29 is 4.74 Å². The van der Waals surface area contributed by atoms with E-state index in [2.05, 4.69) is 12.2 Å². The van der Waals surface area contributed by atoms with Gasteiger partial charge in [0, 0.05) is 17.3 Å². The molecule has 0 fully saturated rings. The highest BCUT2D eigenvalue weighted by Gasteiger charge is 2.04. The van der Waals surface area contributed by atoms with Crippen molar-refractivity contribution in [3.63, 3.8) is 0 Å². The fourth-order valence-electron chi connectivity index (χ4n) is 1.78. The van der Waals surface area contributed by atoms with Crippen molar-refractivity contribution in [1.82, 2.24) is 0 Å². The zero-order valence-electron chi connectivity index (χ0n) is 11.3. The van der Waals surface area contributed by atoms with Crippen LogP contribution in [0.3, 0.4) is 0 Å². The monoisotopic (exact) mass is 309 g/mol. The minimum absolute atomic E-state index is 0.614. The molecule has 0 aromatic heterocycles. The van der Waals surface area contributed by atoms with Gasteiger partial charge in [-0.15, -0.1) is 0 Å². The summed E-state index contributed by atoms with van der Waals surface area (Å²) in [6.45, 7) is 3.39. The van der Waals surface area contributed by atoms with Crippen molar-refractivity contribution >= 4 is 28.9 Å². The third-order valence-corrected chi connectivity index (χ3v) is 3.50. The molecule has 2 rings (SSSR count). The van der Waals surface area contributed by atoms with Gasteiger partial charge in [0.2, 0.25) is 0 Å². The van der Waals surface area contributed by atoms with E-state index >= 15 is 0 Å². The Kier molecular flexibility index (Phi) is 5.57. The van der Waals surface area contributed by atoms with E-state index in [9.17, 15) is 0 Å². The van der Waals surface area contributed by atoms with Crippen molar-refractivity contribution in [3.8, 4) is 5.75 Å². The molecular formula is C16H17Cl2NO. The summed E-state index contributed by atoms with van der Waals surface area (Å²) in [6, 6.07) is 13.5. The van der Waals surface area contributed by atoms with Gasteiger partial charge in [-0.2, -0.15) is 0 Å². The van der Waals surface area contributed by atoms with Crippen molar-refractivity contribution in [2.75, 3.05) is 11.9 Å². The summed E-state index contributed by atoms with van der Waals surface area (Å²) in [5.74, 6) is 0.719. The van der Waals surface area contributed by atoms with Crippen LogP contribution in [0.25, 0.3) is 0 Å². The van der Waals surface area contributed by atoms with Crippen LogP contribution in [0.2, 0.25) is 10.0 Å². The fourth-order valence-corrected chi connectivity index (χ4v) is 2.22. The average Bonchev–Trinajstić information content (AvgIpc) is 2.45. The second-order valence-electron chi connectivity index (χ2n) is 4.44. The van der Waals surface area contributed by atoms with Crippen molar-refractivity contribution in [2.45, 2.75) is 19.9 Å². The fraction of sp³-hybridized carbons (Fsp3) is 0.250. The normalized spacial score (nSPS) is 10.3. The zero-order chi connectivity index (χ0) is 14.4. The number of anilines is 1. The Bertz CT molecular complexity index is 572. The van der Waals surface area contributed by atoms with E-state index in [0.717, 1.165) is 28.4 Å². The molecule has 0 saturated carbocycles. The molecule has 4 heteroatoms. The van der Waals surface area contributed by atoms with E-state index in [0.29, 0.717) is 18.2 Å². The van der Waals surface area contributed by atoms with E-state index < -0.39 is 0 Å². The predicted molar refractivity (Wildman–Crippen MR) is 86.0 cm³/mol. The summed E-state index contributed by atoms with van der Waals surface area (Å²) in [7, 11) is 0. The number of halogens is 2. The van der Waals surface area contributed by atoms with Gasteiger partial charge in [-0.05, 0) is 36.2 Å². The first-order valence-corrected chi connectivity index (χ1v) is 7.36. The highest BCUT2D eigenvalue weighted by molar-refractivity contribution is 6.32. The van der Waals surface area contributed by atoms with Crippen LogP contribution < -0.4 is 10.1 Å². The van der Waals surface area contributed by atoms with Crippen LogP contribution in [-0.4, -0.2) is 6.61 Å². The Morgan fingerprint density at radius 1 is 1.05 bits per heavy atom. The molecule has 0 unspecified atom stereocenters. The Hall–Kier alpha value is -1.38. The number of rotatable bonds is 6. The summed E-state index contributed by atoms with van der Waals surface area (Å²) in [5.41, 5.74) is 2.00. The summed E-state index contributed by atoms with van der Waals surface area (Å²) in [5, 5.41) is 4.67. The molecule has 2 aromatic rings. The molecular weight excluding hydrogens is 293 g/mol. The summed E-state index contributed by atoms with van der Waals surface area (Å²) in [6.07, 6.45) is 0.961. The van der Waals surface area contributed by atoms with Gasteiger partial charge in [0.05, 0.1) is 11.6 Å². The van der Waals surface area contributed by atoms with Crippen molar-refractivity contribution in [3.05, 3.63) is 58.1 Å². The van der Waals surface area contributed by atoms with Gasteiger partial charge in [-0.3, -0.25) is 0 Å². The number of ether oxygens (including phenoxy) is 1. The first-order chi connectivity index (χ1) is 9.70. The Labute approximate surface area is 129 Å². The molecule has 2 nitrogen and oxygen atoms in total. The molecule has 0 aliphatic heterocycles. The van der Waals surface area contributed by atoms with Gasteiger partial charge >= 0.3 is 0 Å². The lowest BCUT2D eigenvalue weighted by molar-refractivity contribution is 0.317. The van der Waals surface area contributed by atoms with Crippen LogP contribution in [0.5, 0.6) is 5.75 Å². The summed E-state index contributed by atoms with van der Waals surface area (Å²) in [4.78, 5) is 0. The van der Waals surface area contributed by atoms with E-state index in [1.807, 2.05) is 42.5 Å². The Morgan fingerprint density at radius 2 is 1.85 bits per heavy atom. The molecule has 0 saturated heterocycles. The lowest BCUT2D eigenvalue weighted by Crippen LogP contribution is -2.01. The van der Waals surface area contributed by atoms with Crippen LogP contribution in [0.1, 0.15) is 18.9 Å². The van der Waals surface area contributed by atoms with Gasteiger partial charge < -0.3 is 10.1 Å². The highest BCUT2D eigenvalue weighted by Crippen LogP contribution is 2.28. The molecule has 0 amide bonds. The quantitative estimate of drug-likeness (QED) is 0.772. The first kappa shape index (κ1) is 15.0. The molecule has 0 spiro atoms. The maximum absolute atomic E-state index is 6.19. The van der Waals surface area contributed by atoms with Gasteiger partial charge in [0.1, 0.15) is 5.75 Å². The van der Waals surface area contributed by atoms with Crippen molar-refractivity contribution in [2.24, 2.45) is 0 Å². The number of benzene rings is 2. The highest BCUT2D eigenvalue weighted by atomic mass is 35.5. The molecule has 0 radical (unpaired) electrons. The molecule has 1 N–H and O–H groups in total. The number of hydrogen-bond donors (Lipinski definition) is 1. The third kappa shape index (κ3) is 4.06. The Balaban J connectivity index is 2.00. The average molecular weight is 310 g/mol. The third-order valence-electron chi connectivity index (χ3n) is 2.83. The van der Waals surface area contributed by atoms with Crippen LogP contribution in [0.15, 0.2) is 42.5 Å². The summed E-state index contributed by atoms with van der Waals surface area (Å²) < 4.78 is 5.54. The minimum atomic E-state index is 0.614. The Morgan fingerprint density at radius 3 is 2.55 bits per heavy atom. The predicted octanol–water partition coefficient (Wildman–Crippen LogP) is 5.39. The van der Waals surface area contributed by atoms with Gasteiger partial charge in [0.15, 0.2) is 0 Å². The smallest absolute Gasteiger partial charge is 0.138 e. The lowest BCUT2D eigenvalue weighted by atomic mass is 10.2. The van der Waals surface area contributed by atoms with E-state index in [-0.39, 0.29) is 0 Å². The second-order valence-corrected chi connectivity index (χ2v) is 5.25. The van der Waals surface area contributed by atoms with Gasteiger partial charge in [-0.1, -0.05) is 48.3 Å². The van der Waals surface area contributed by atoms with E-state index in [4.69, 9.17) is 27.9 Å². The maximum atomic E-state index is 6.19. The van der Waals surface area contributed by atoms with Crippen molar-refractivity contribution in [1.29, 1.82) is 0 Å². The molecule has 20 heavy (non-hydrogen) atoms. The largest absolute Gasteiger partial charge is 0.492 e. The van der Waals surface area contributed by atoms with Crippen LogP contribution in [0.4, 0.5) is 5.69 Å². The molecule has 0 atom stereocenters. The first-order valence-electron chi connectivity index (χ1n) is 6.60. The zero-order valence-corrected chi connectivity index (χ0v) is 12.8. The minimum Gasteiger partial charge on any atom is -0.492 e. The number of hydrogen-bond acceptors (Lipinski definition) is 2. The molecule has 0 heterocycles. The molecule has 2 aromatic carbocycles. The molecule has 0 aliphatic carbocycles. The van der Waals surface area contributed by atoms with Gasteiger partial charge in [-0.25, -0.2) is 0 Å². The summed E-state index contributed by atoms with van der Waals surface area (Å²) >= 11 is 12.3.